The van der Waals surface area contributed by atoms with E-state index in [-0.39, 0.29) is 0 Å². The predicted octanol–water partition coefficient (Wildman–Crippen LogP) is -0.356. The molecule has 5 nitrogen and oxygen atoms in total. The normalized spacial score (nSPS) is 22.3. The van der Waals surface area contributed by atoms with Gasteiger partial charge >= 0.3 is 0 Å². The Balaban J connectivity index is 1.59. The second kappa shape index (κ2) is 5.98. The van der Waals surface area contributed by atoms with Crippen molar-refractivity contribution in [1.82, 2.24) is 20.7 Å². The van der Waals surface area contributed by atoms with Crippen LogP contribution in [0.5, 0.6) is 0 Å². The van der Waals surface area contributed by atoms with Crippen molar-refractivity contribution in [3.05, 3.63) is 12.3 Å². The summed E-state index contributed by atoms with van der Waals surface area (Å²) in [7, 11) is 0. The molecule has 0 aromatic rings. The van der Waals surface area contributed by atoms with Gasteiger partial charge in [0.15, 0.2) is 0 Å². The molecule has 0 spiro atoms. The summed E-state index contributed by atoms with van der Waals surface area (Å²) >= 11 is 0. The molecule has 2 N–H and O–H groups in total. The number of nitrogens with zero attached hydrogens (tertiary/aromatic N) is 3. The Morgan fingerprint density at radius 1 is 1.44 bits per heavy atom. The highest BCUT2D eigenvalue weighted by molar-refractivity contribution is 5.93. The third-order valence-electron chi connectivity index (χ3n) is 2.92. The SMILES string of the molecule is CC1=NCN(NCCN2CCNCC2)C=C1. The van der Waals surface area contributed by atoms with Crippen LogP contribution in [0.1, 0.15) is 6.92 Å². The molecule has 0 saturated carbocycles. The standard InChI is InChI=1S/C11H21N5/c1-11-2-6-16(10-13-11)14-5-9-15-7-3-12-4-8-15/h2,6,12,14H,3-5,7-10H2,1H3. The number of hydrogen-bond acceptors (Lipinski definition) is 5. The van der Waals surface area contributed by atoms with E-state index in [2.05, 4.69) is 26.8 Å². The molecule has 2 rings (SSSR count). The van der Waals surface area contributed by atoms with Crippen molar-refractivity contribution in [3.63, 3.8) is 0 Å². The molecule has 0 amide bonds. The van der Waals surface area contributed by atoms with Crippen LogP contribution in [0.4, 0.5) is 0 Å². The maximum absolute atomic E-state index is 4.35. The number of rotatable bonds is 4. The first kappa shape index (κ1) is 11.6. The Labute approximate surface area is 97.2 Å². The van der Waals surface area contributed by atoms with Gasteiger partial charge in [0.2, 0.25) is 0 Å². The van der Waals surface area contributed by atoms with Crippen LogP contribution in [0.3, 0.4) is 0 Å². The number of nitrogens with one attached hydrogen (secondary N) is 2. The molecule has 0 bridgehead atoms. The van der Waals surface area contributed by atoms with Gasteiger partial charge in [-0.25, -0.2) is 5.43 Å². The molecule has 0 unspecified atom stereocenters. The highest BCUT2D eigenvalue weighted by Crippen LogP contribution is 1.96. The molecule has 0 atom stereocenters. The van der Waals surface area contributed by atoms with E-state index in [1.54, 1.807) is 0 Å². The summed E-state index contributed by atoms with van der Waals surface area (Å²) < 4.78 is 0. The van der Waals surface area contributed by atoms with E-state index < -0.39 is 0 Å². The number of allylic oxidation sites excluding steroid dienone is 1. The molecule has 1 saturated heterocycles. The van der Waals surface area contributed by atoms with E-state index in [0.29, 0.717) is 0 Å². The second-order valence-corrected chi connectivity index (χ2v) is 4.23. The van der Waals surface area contributed by atoms with E-state index in [1.807, 2.05) is 18.0 Å². The first-order chi connectivity index (χ1) is 7.84. The molecular weight excluding hydrogens is 202 g/mol. The predicted molar refractivity (Wildman–Crippen MR) is 66.3 cm³/mol. The van der Waals surface area contributed by atoms with Crippen LogP contribution in [-0.2, 0) is 0 Å². The average Bonchev–Trinajstić information content (AvgIpc) is 2.33. The molecule has 0 aromatic heterocycles. The molecular formula is C11H21N5. The lowest BCUT2D eigenvalue weighted by molar-refractivity contribution is 0.207. The molecule has 0 radical (unpaired) electrons. The fourth-order valence-electron chi connectivity index (χ4n) is 1.87. The molecule has 2 aliphatic rings. The van der Waals surface area contributed by atoms with Gasteiger partial charge in [-0.3, -0.25) is 14.9 Å². The smallest absolute Gasteiger partial charge is 0.124 e. The van der Waals surface area contributed by atoms with E-state index >= 15 is 0 Å². The van der Waals surface area contributed by atoms with E-state index in [4.69, 9.17) is 0 Å². The van der Waals surface area contributed by atoms with Crippen molar-refractivity contribution in [2.24, 2.45) is 4.99 Å². The Hall–Kier alpha value is -0.910. The molecule has 90 valence electrons. The topological polar surface area (TPSA) is 42.9 Å². The fraction of sp³-hybridized carbons (Fsp3) is 0.727. The molecule has 0 aliphatic carbocycles. The van der Waals surface area contributed by atoms with Crippen LogP contribution in [0.25, 0.3) is 0 Å². The number of hydrogen-bond donors (Lipinski definition) is 2. The van der Waals surface area contributed by atoms with Crippen LogP contribution in [0, 0.1) is 0 Å². The van der Waals surface area contributed by atoms with Crippen LogP contribution >= 0.6 is 0 Å². The van der Waals surface area contributed by atoms with Gasteiger partial charge in [0.25, 0.3) is 0 Å². The Morgan fingerprint density at radius 2 is 2.25 bits per heavy atom. The van der Waals surface area contributed by atoms with Gasteiger partial charge in [-0.1, -0.05) is 0 Å². The van der Waals surface area contributed by atoms with Crippen molar-refractivity contribution in [1.29, 1.82) is 0 Å². The minimum atomic E-state index is 0.726. The first-order valence-corrected chi connectivity index (χ1v) is 5.97. The van der Waals surface area contributed by atoms with Crippen molar-refractivity contribution >= 4 is 5.71 Å². The van der Waals surface area contributed by atoms with E-state index in [1.165, 1.54) is 0 Å². The largest absolute Gasteiger partial charge is 0.314 e. The van der Waals surface area contributed by atoms with Crippen LogP contribution in [-0.4, -0.2) is 61.6 Å². The Kier molecular flexibility index (Phi) is 4.33. The van der Waals surface area contributed by atoms with Gasteiger partial charge in [0, 0.05) is 51.2 Å². The lowest BCUT2D eigenvalue weighted by atomic mass is 10.3. The van der Waals surface area contributed by atoms with Crippen molar-refractivity contribution < 1.29 is 0 Å². The fourth-order valence-corrected chi connectivity index (χ4v) is 1.87. The molecule has 1 fully saturated rings. The summed E-state index contributed by atoms with van der Waals surface area (Å²) in [6.07, 6.45) is 4.08. The van der Waals surface area contributed by atoms with Gasteiger partial charge in [0.1, 0.15) is 6.67 Å². The zero-order valence-corrected chi connectivity index (χ0v) is 9.95. The van der Waals surface area contributed by atoms with Gasteiger partial charge in [0.05, 0.1) is 0 Å². The number of piperazine rings is 1. The molecule has 2 heterocycles. The van der Waals surface area contributed by atoms with Crippen LogP contribution in [0.15, 0.2) is 17.3 Å². The minimum absolute atomic E-state index is 0.726. The van der Waals surface area contributed by atoms with E-state index in [0.717, 1.165) is 51.6 Å². The molecule has 5 heteroatoms. The first-order valence-electron chi connectivity index (χ1n) is 5.97. The lowest BCUT2D eigenvalue weighted by Gasteiger charge is -2.29. The zero-order chi connectivity index (χ0) is 11.2. The monoisotopic (exact) mass is 223 g/mol. The molecule has 0 aromatic carbocycles. The average molecular weight is 223 g/mol. The van der Waals surface area contributed by atoms with Crippen molar-refractivity contribution in [2.45, 2.75) is 6.92 Å². The number of aliphatic imine (C=N–C) groups is 1. The third kappa shape index (κ3) is 3.59. The van der Waals surface area contributed by atoms with Crippen molar-refractivity contribution in [3.8, 4) is 0 Å². The van der Waals surface area contributed by atoms with Gasteiger partial charge in [-0.15, -0.1) is 0 Å². The quantitative estimate of drug-likeness (QED) is 0.683. The number of hydrazine groups is 1. The van der Waals surface area contributed by atoms with Gasteiger partial charge in [-0.05, 0) is 13.0 Å². The Bertz CT molecular complexity index is 268. The summed E-state index contributed by atoms with van der Waals surface area (Å²) in [5, 5.41) is 5.39. The van der Waals surface area contributed by atoms with Gasteiger partial charge in [-0.2, -0.15) is 0 Å². The summed E-state index contributed by atoms with van der Waals surface area (Å²) in [6, 6.07) is 0. The third-order valence-corrected chi connectivity index (χ3v) is 2.92. The second-order valence-electron chi connectivity index (χ2n) is 4.23. The maximum Gasteiger partial charge on any atom is 0.124 e. The highest BCUT2D eigenvalue weighted by atomic mass is 15.5. The van der Waals surface area contributed by atoms with Crippen molar-refractivity contribution in [2.75, 3.05) is 45.9 Å². The van der Waals surface area contributed by atoms with Crippen LogP contribution in [0.2, 0.25) is 0 Å². The summed E-state index contributed by atoms with van der Waals surface area (Å²) in [4.78, 5) is 6.82. The maximum atomic E-state index is 4.35. The molecule has 2 aliphatic heterocycles. The summed E-state index contributed by atoms with van der Waals surface area (Å²) in [5.74, 6) is 0. The van der Waals surface area contributed by atoms with E-state index in [9.17, 15) is 0 Å². The summed E-state index contributed by atoms with van der Waals surface area (Å²) in [5.41, 5.74) is 4.46. The molecule has 16 heavy (non-hydrogen) atoms. The van der Waals surface area contributed by atoms with Gasteiger partial charge < -0.3 is 5.32 Å². The zero-order valence-electron chi connectivity index (χ0n) is 9.95. The minimum Gasteiger partial charge on any atom is -0.314 e. The lowest BCUT2D eigenvalue weighted by Crippen LogP contribution is -2.47. The Morgan fingerprint density at radius 3 is 2.94 bits per heavy atom. The summed E-state index contributed by atoms with van der Waals surface area (Å²) in [6.45, 7) is 9.40. The van der Waals surface area contributed by atoms with Crippen LogP contribution < -0.4 is 10.7 Å². The highest BCUT2D eigenvalue weighted by Gasteiger charge is 2.09.